The second-order valence-corrected chi connectivity index (χ2v) is 13.9. The summed E-state index contributed by atoms with van der Waals surface area (Å²) in [6.07, 6.45) is 12.8. The minimum atomic E-state index is -5.06. The molecule has 1 aliphatic heterocycles. The van der Waals surface area contributed by atoms with E-state index in [1.165, 1.54) is 70.6 Å². The van der Waals surface area contributed by atoms with Crippen molar-refractivity contribution in [2.24, 2.45) is 0 Å². The zero-order chi connectivity index (χ0) is 34.2. The number of hydrogen-bond donors (Lipinski definition) is 6. The normalized spacial score (nSPS) is 23.3. The lowest BCUT2D eigenvalue weighted by atomic mass is 9.99. The van der Waals surface area contributed by atoms with Crippen molar-refractivity contribution in [2.75, 3.05) is 13.2 Å². The summed E-state index contributed by atoms with van der Waals surface area (Å²) in [7, 11) is -5.06. The number of carbonyl (C=O) groups excluding carboxylic acids is 1. The van der Waals surface area contributed by atoms with Crippen LogP contribution in [-0.4, -0.2) is 95.4 Å². The van der Waals surface area contributed by atoms with Crippen LogP contribution < -0.4 is 5.32 Å². The van der Waals surface area contributed by atoms with Crippen LogP contribution in [-0.2, 0) is 28.9 Å². The summed E-state index contributed by atoms with van der Waals surface area (Å²) in [6, 6.07) is -0.846. The van der Waals surface area contributed by atoms with E-state index >= 15 is 0 Å². The molecule has 7 atom stereocenters. The monoisotopic (exact) mass is 683 g/mol. The molecule has 1 fully saturated rings. The fourth-order valence-electron chi connectivity index (χ4n) is 5.81. The van der Waals surface area contributed by atoms with Crippen LogP contribution in [0, 0.1) is 0 Å². The molecule has 6 N–H and O–H groups in total. The lowest BCUT2D eigenvalue weighted by molar-refractivity contribution is -0.298. The average molecular weight is 684 g/mol. The first-order valence-electron chi connectivity index (χ1n) is 17.9. The van der Waals surface area contributed by atoms with Crippen LogP contribution in [0.5, 0.6) is 0 Å². The quantitative estimate of drug-likeness (QED) is 0.0473. The number of rotatable bonds is 29. The number of hydrogen-bond acceptors (Lipinski definition) is 10. The zero-order valence-corrected chi connectivity index (χ0v) is 29.2. The van der Waals surface area contributed by atoms with E-state index in [1.54, 1.807) is 0 Å². The van der Waals surface area contributed by atoms with Crippen LogP contribution in [0.2, 0.25) is 0 Å². The van der Waals surface area contributed by atoms with Gasteiger partial charge in [0.05, 0.1) is 25.4 Å². The zero-order valence-electron chi connectivity index (χ0n) is 28.4. The summed E-state index contributed by atoms with van der Waals surface area (Å²) in [5.41, 5.74) is 0. The maximum absolute atomic E-state index is 12.8. The molecular formula is C33H65NO11S. The van der Waals surface area contributed by atoms with Gasteiger partial charge in [0.25, 0.3) is 0 Å². The van der Waals surface area contributed by atoms with Gasteiger partial charge >= 0.3 is 10.4 Å². The standard InChI is InChI=1S/C33H65NO11S/c1-3-5-7-9-11-13-15-16-18-20-22-27(36)26(34-29(37)23-21-19-17-14-12-10-8-6-4-2)25-43-33-31(39)32(45-46(40,41)42)30(38)28(24-35)44-33/h26-28,30-33,35-36,38-39H,3-25H2,1-2H3,(H,34,37)(H,40,41,42). The van der Waals surface area contributed by atoms with E-state index in [2.05, 4.69) is 23.3 Å². The predicted octanol–water partition coefficient (Wildman–Crippen LogP) is 4.71. The third kappa shape index (κ3) is 19.8. The van der Waals surface area contributed by atoms with E-state index in [0.717, 1.165) is 51.4 Å². The first-order valence-corrected chi connectivity index (χ1v) is 19.3. The first kappa shape index (κ1) is 43.1. The Kier molecular flexibility index (Phi) is 24.4. The Morgan fingerprint density at radius 1 is 0.783 bits per heavy atom. The molecule has 0 aromatic rings. The number of ether oxygens (including phenoxy) is 2. The molecule has 46 heavy (non-hydrogen) atoms. The molecule has 274 valence electrons. The molecule has 0 spiro atoms. The van der Waals surface area contributed by atoms with E-state index in [1.807, 2.05) is 0 Å². The van der Waals surface area contributed by atoms with Gasteiger partial charge in [-0.05, 0) is 12.8 Å². The van der Waals surface area contributed by atoms with Crippen LogP contribution >= 0.6 is 0 Å². The predicted molar refractivity (Wildman–Crippen MR) is 176 cm³/mol. The molecule has 13 heteroatoms. The Labute approximate surface area is 277 Å². The summed E-state index contributed by atoms with van der Waals surface area (Å²) >= 11 is 0. The van der Waals surface area contributed by atoms with Crippen LogP contribution in [0.15, 0.2) is 0 Å². The molecule has 0 saturated carbocycles. The molecule has 1 heterocycles. The minimum absolute atomic E-state index is 0.236. The van der Waals surface area contributed by atoms with Gasteiger partial charge in [-0.15, -0.1) is 0 Å². The molecule has 0 aromatic heterocycles. The summed E-state index contributed by atoms with van der Waals surface area (Å²) in [4.78, 5) is 12.8. The molecule has 0 aromatic carbocycles. The summed E-state index contributed by atoms with van der Waals surface area (Å²) < 4.78 is 47.2. The number of nitrogens with one attached hydrogen (secondary N) is 1. The topological polar surface area (TPSA) is 192 Å². The van der Waals surface area contributed by atoms with E-state index < -0.39 is 59.9 Å². The maximum Gasteiger partial charge on any atom is 0.397 e. The van der Waals surface area contributed by atoms with Crippen molar-refractivity contribution in [3.05, 3.63) is 0 Å². The van der Waals surface area contributed by atoms with Crippen molar-refractivity contribution in [3.8, 4) is 0 Å². The Balaban J connectivity index is 2.66. The van der Waals surface area contributed by atoms with Crippen molar-refractivity contribution < 1.29 is 51.8 Å². The Morgan fingerprint density at radius 3 is 1.74 bits per heavy atom. The molecule has 1 amide bonds. The van der Waals surface area contributed by atoms with E-state index in [0.29, 0.717) is 12.8 Å². The van der Waals surface area contributed by atoms with Gasteiger partial charge in [-0.1, -0.05) is 129 Å². The maximum atomic E-state index is 12.8. The SMILES string of the molecule is CCCCCCCCCCCCC(O)C(COC1OC(CO)C(O)C(OS(=O)(=O)O)C1O)NC(=O)CCCCCCCCCCC. The summed E-state index contributed by atoms with van der Waals surface area (Å²) in [6.45, 7) is 3.36. The van der Waals surface area contributed by atoms with Gasteiger partial charge in [-0.2, -0.15) is 8.42 Å². The highest BCUT2D eigenvalue weighted by Crippen LogP contribution is 2.26. The highest BCUT2D eigenvalue weighted by Gasteiger charge is 2.48. The third-order valence-electron chi connectivity index (χ3n) is 8.67. The first-order chi connectivity index (χ1) is 22.0. The number of aliphatic hydroxyl groups excluding tert-OH is 4. The molecule has 0 radical (unpaired) electrons. The van der Waals surface area contributed by atoms with Crippen LogP contribution in [0.1, 0.15) is 149 Å². The van der Waals surface area contributed by atoms with Gasteiger partial charge in [0.1, 0.15) is 24.4 Å². The molecule has 1 saturated heterocycles. The lowest BCUT2D eigenvalue weighted by Gasteiger charge is -2.41. The summed E-state index contributed by atoms with van der Waals surface area (Å²) in [5.74, 6) is -0.236. The van der Waals surface area contributed by atoms with E-state index in [-0.39, 0.29) is 12.5 Å². The third-order valence-corrected chi connectivity index (χ3v) is 9.13. The fourth-order valence-corrected chi connectivity index (χ4v) is 6.32. The average Bonchev–Trinajstić information content (AvgIpc) is 3.01. The number of unbranched alkanes of at least 4 members (excludes halogenated alkanes) is 17. The molecule has 1 aliphatic rings. The largest absolute Gasteiger partial charge is 0.397 e. The minimum Gasteiger partial charge on any atom is -0.394 e. The Bertz CT molecular complexity index is 863. The van der Waals surface area contributed by atoms with Crippen molar-refractivity contribution in [1.82, 2.24) is 5.32 Å². The van der Waals surface area contributed by atoms with Gasteiger partial charge < -0.3 is 35.2 Å². The van der Waals surface area contributed by atoms with E-state index in [9.17, 15) is 33.6 Å². The van der Waals surface area contributed by atoms with Gasteiger partial charge in [-0.25, -0.2) is 4.18 Å². The number of carbonyl (C=O) groups is 1. The molecule has 0 bridgehead atoms. The Morgan fingerprint density at radius 2 is 1.26 bits per heavy atom. The van der Waals surface area contributed by atoms with Crippen molar-refractivity contribution in [3.63, 3.8) is 0 Å². The van der Waals surface area contributed by atoms with Crippen LogP contribution in [0.25, 0.3) is 0 Å². The van der Waals surface area contributed by atoms with Crippen molar-refractivity contribution >= 4 is 16.3 Å². The second kappa shape index (κ2) is 26.0. The molecule has 1 rings (SSSR count). The van der Waals surface area contributed by atoms with Crippen molar-refractivity contribution in [2.45, 2.75) is 192 Å². The second-order valence-electron chi connectivity index (χ2n) is 12.8. The molecule has 7 unspecified atom stereocenters. The van der Waals surface area contributed by atoms with Crippen LogP contribution in [0.4, 0.5) is 0 Å². The highest BCUT2D eigenvalue weighted by atomic mass is 32.3. The van der Waals surface area contributed by atoms with Gasteiger partial charge in [0.2, 0.25) is 5.91 Å². The van der Waals surface area contributed by atoms with Gasteiger partial charge in [0.15, 0.2) is 6.29 Å². The lowest BCUT2D eigenvalue weighted by Crippen LogP contribution is -2.61. The van der Waals surface area contributed by atoms with Crippen molar-refractivity contribution in [1.29, 1.82) is 0 Å². The van der Waals surface area contributed by atoms with Gasteiger partial charge in [-0.3, -0.25) is 9.35 Å². The van der Waals surface area contributed by atoms with Crippen LogP contribution in [0.3, 0.4) is 0 Å². The summed E-state index contributed by atoms with van der Waals surface area (Å²) in [5, 5.41) is 44.4. The number of aliphatic hydroxyl groups is 4. The fraction of sp³-hybridized carbons (Fsp3) is 0.970. The van der Waals surface area contributed by atoms with E-state index in [4.69, 9.17) is 14.0 Å². The smallest absolute Gasteiger partial charge is 0.394 e. The Hall–Kier alpha value is -0.900. The molecular weight excluding hydrogens is 618 g/mol. The molecule has 0 aliphatic carbocycles. The molecule has 12 nitrogen and oxygen atoms in total. The number of amides is 1. The van der Waals surface area contributed by atoms with Gasteiger partial charge in [0, 0.05) is 6.42 Å². The highest BCUT2D eigenvalue weighted by molar-refractivity contribution is 7.80.